The molecule has 7 heteroatoms. The zero-order valence-electron chi connectivity index (χ0n) is 10.3. The van der Waals surface area contributed by atoms with Crippen LogP contribution < -0.4 is 10.9 Å². The van der Waals surface area contributed by atoms with Crippen molar-refractivity contribution < 1.29 is 9.59 Å². The number of carbonyl (C=O) groups excluding carboxylic acids is 2. The third-order valence-electron chi connectivity index (χ3n) is 3.76. The number of aromatic nitrogens is 2. The lowest BCUT2D eigenvalue weighted by Gasteiger charge is -2.35. The van der Waals surface area contributed by atoms with Gasteiger partial charge in [-0.3, -0.25) is 14.4 Å². The van der Waals surface area contributed by atoms with Gasteiger partial charge in [0.2, 0.25) is 5.91 Å². The Kier molecular flexibility index (Phi) is 2.81. The minimum Gasteiger partial charge on any atom is -0.354 e. The Balaban J connectivity index is 1.85. The molecule has 2 unspecified atom stereocenters. The summed E-state index contributed by atoms with van der Waals surface area (Å²) in [7, 11) is 0. The monoisotopic (exact) mass is 262 g/mol. The average molecular weight is 262 g/mol. The highest BCUT2D eigenvalue weighted by Crippen LogP contribution is 2.28. The Morgan fingerprint density at radius 1 is 1.37 bits per heavy atom. The fourth-order valence-electron chi connectivity index (χ4n) is 2.81. The number of carbonyl (C=O) groups is 2. The molecule has 0 aromatic carbocycles. The zero-order valence-corrected chi connectivity index (χ0v) is 10.3. The van der Waals surface area contributed by atoms with Crippen molar-refractivity contribution in [2.75, 3.05) is 13.1 Å². The second kappa shape index (κ2) is 4.49. The van der Waals surface area contributed by atoms with Gasteiger partial charge in [0.25, 0.3) is 11.5 Å². The molecule has 1 aromatic heterocycles. The quantitative estimate of drug-likeness (QED) is 0.687. The van der Waals surface area contributed by atoms with E-state index < -0.39 is 0 Å². The van der Waals surface area contributed by atoms with Crippen LogP contribution in [-0.4, -0.2) is 46.0 Å². The van der Waals surface area contributed by atoms with Gasteiger partial charge >= 0.3 is 0 Å². The van der Waals surface area contributed by atoms with Crippen molar-refractivity contribution in [3.63, 3.8) is 0 Å². The van der Waals surface area contributed by atoms with Crippen LogP contribution in [0.3, 0.4) is 0 Å². The number of amides is 2. The molecule has 3 heterocycles. The Bertz CT molecular complexity index is 562. The Morgan fingerprint density at radius 3 is 2.95 bits per heavy atom. The highest BCUT2D eigenvalue weighted by Gasteiger charge is 2.42. The van der Waals surface area contributed by atoms with Gasteiger partial charge in [0.05, 0.1) is 12.0 Å². The van der Waals surface area contributed by atoms with Crippen molar-refractivity contribution in [2.24, 2.45) is 5.92 Å². The minimum absolute atomic E-state index is 0.0249. The number of aromatic amines is 1. The fourth-order valence-corrected chi connectivity index (χ4v) is 2.81. The van der Waals surface area contributed by atoms with Gasteiger partial charge in [0.1, 0.15) is 5.69 Å². The van der Waals surface area contributed by atoms with E-state index in [1.54, 1.807) is 4.90 Å². The van der Waals surface area contributed by atoms with E-state index in [9.17, 15) is 14.4 Å². The molecule has 0 saturated carbocycles. The first-order valence-electron chi connectivity index (χ1n) is 6.31. The van der Waals surface area contributed by atoms with Crippen LogP contribution in [0.15, 0.2) is 16.9 Å². The molecule has 2 fully saturated rings. The number of piperidine rings is 1. The number of H-pyrrole nitrogens is 1. The maximum absolute atomic E-state index is 12.4. The lowest BCUT2D eigenvalue weighted by Crippen LogP contribution is -2.49. The van der Waals surface area contributed by atoms with Crippen LogP contribution in [0.2, 0.25) is 0 Å². The maximum atomic E-state index is 12.4. The number of fused-ring (bicyclic) bond motifs is 1. The van der Waals surface area contributed by atoms with Gasteiger partial charge in [-0.2, -0.15) is 5.10 Å². The predicted octanol–water partition coefficient (Wildman–Crippen LogP) is -0.880. The fraction of sp³-hybridized carbons (Fsp3) is 0.500. The molecule has 1 aromatic rings. The van der Waals surface area contributed by atoms with Crippen LogP contribution in [0.1, 0.15) is 23.3 Å². The second-order valence-electron chi connectivity index (χ2n) is 4.87. The molecule has 2 amide bonds. The molecule has 2 aliphatic heterocycles. The Morgan fingerprint density at radius 2 is 2.21 bits per heavy atom. The summed E-state index contributed by atoms with van der Waals surface area (Å²) in [5.41, 5.74) is -0.134. The van der Waals surface area contributed by atoms with E-state index in [2.05, 4.69) is 15.5 Å². The number of hydrogen-bond acceptors (Lipinski definition) is 4. The topological polar surface area (TPSA) is 95.2 Å². The molecular formula is C12H14N4O3. The van der Waals surface area contributed by atoms with Crippen molar-refractivity contribution in [1.82, 2.24) is 20.4 Å². The van der Waals surface area contributed by atoms with E-state index in [1.165, 1.54) is 12.1 Å². The van der Waals surface area contributed by atoms with Crippen LogP contribution in [0.5, 0.6) is 0 Å². The van der Waals surface area contributed by atoms with Gasteiger partial charge in [0, 0.05) is 19.2 Å². The summed E-state index contributed by atoms with van der Waals surface area (Å²) in [6, 6.07) is 2.59. The summed E-state index contributed by atoms with van der Waals surface area (Å²) in [5, 5.41) is 8.80. The molecule has 2 atom stereocenters. The van der Waals surface area contributed by atoms with Gasteiger partial charge in [-0.15, -0.1) is 0 Å². The van der Waals surface area contributed by atoms with Crippen LogP contribution in [0.4, 0.5) is 0 Å². The molecule has 3 rings (SSSR count). The van der Waals surface area contributed by atoms with Crippen molar-refractivity contribution in [3.05, 3.63) is 28.2 Å². The molecule has 0 spiro atoms. The minimum atomic E-state index is -0.342. The zero-order chi connectivity index (χ0) is 13.4. The molecule has 2 N–H and O–H groups in total. The number of likely N-dealkylation sites (tertiary alicyclic amines) is 1. The molecular weight excluding hydrogens is 248 g/mol. The van der Waals surface area contributed by atoms with Gasteiger partial charge in [0.15, 0.2) is 0 Å². The summed E-state index contributed by atoms with van der Waals surface area (Å²) < 4.78 is 0. The first-order chi connectivity index (χ1) is 9.16. The van der Waals surface area contributed by atoms with E-state index in [0.29, 0.717) is 13.1 Å². The molecule has 7 nitrogen and oxygen atoms in total. The molecule has 19 heavy (non-hydrogen) atoms. The SMILES string of the molecule is O=C1NCC2C1CCCN2C(=O)c1ccc(=O)[nH]n1. The first kappa shape index (κ1) is 11.9. The third-order valence-corrected chi connectivity index (χ3v) is 3.76. The standard InChI is InChI=1S/C12H14N4O3/c17-10-4-3-8(14-15-10)12(19)16-5-1-2-7-9(16)6-13-11(7)18/h3-4,7,9H,1-2,5-6H2,(H,13,18)(H,15,17). The van der Waals surface area contributed by atoms with Crippen LogP contribution in [-0.2, 0) is 4.79 Å². The lowest BCUT2D eigenvalue weighted by atomic mass is 9.91. The van der Waals surface area contributed by atoms with Crippen molar-refractivity contribution in [2.45, 2.75) is 18.9 Å². The summed E-state index contributed by atoms with van der Waals surface area (Å²) in [4.78, 5) is 36.6. The average Bonchev–Trinajstić information content (AvgIpc) is 2.81. The van der Waals surface area contributed by atoms with Crippen LogP contribution in [0.25, 0.3) is 0 Å². The van der Waals surface area contributed by atoms with E-state index >= 15 is 0 Å². The highest BCUT2D eigenvalue weighted by molar-refractivity contribution is 5.93. The van der Waals surface area contributed by atoms with E-state index in [4.69, 9.17) is 0 Å². The molecule has 2 aliphatic rings. The normalized spacial score (nSPS) is 25.9. The summed E-state index contributed by atoms with van der Waals surface area (Å²) >= 11 is 0. The van der Waals surface area contributed by atoms with E-state index in [-0.39, 0.29) is 35.0 Å². The number of hydrogen-bond donors (Lipinski definition) is 2. The van der Waals surface area contributed by atoms with Gasteiger partial charge < -0.3 is 10.2 Å². The van der Waals surface area contributed by atoms with Gasteiger partial charge in [-0.25, -0.2) is 5.10 Å². The highest BCUT2D eigenvalue weighted by atomic mass is 16.2. The van der Waals surface area contributed by atoms with Gasteiger partial charge in [-0.1, -0.05) is 0 Å². The van der Waals surface area contributed by atoms with Crippen molar-refractivity contribution in [1.29, 1.82) is 0 Å². The Hall–Kier alpha value is -2.18. The molecule has 100 valence electrons. The second-order valence-corrected chi connectivity index (χ2v) is 4.87. The summed E-state index contributed by atoms with van der Waals surface area (Å²) in [6.07, 6.45) is 1.63. The summed E-state index contributed by atoms with van der Waals surface area (Å²) in [6.45, 7) is 1.12. The first-order valence-corrected chi connectivity index (χ1v) is 6.31. The summed E-state index contributed by atoms with van der Waals surface area (Å²) in [5.74, 6) is -0.320. The largest absolute Gasteiger partial charge is 0.354 e. The van der Waals surface area contributed by atoms with Crippen molar-refractivity contribution in [3.8, 4) is 0 Å². The molecule has 0 radical (unpaired) electrons. The van der Waals surface area contributed by atoms with E-state index in [1.807, 2.05) is 0 Å². The Labute approximate surface area is 109 Å². The van der Waals surface area contributed by atoms with E-state index in [0.717, 1.165) is 12.8 Å². The smallest absolute Gasteiger partial charge is 0.274 e. The molecule has 2 saturated heterocycles. The number of nitrogens with one attached hydrogen (secondary N) is 2. The van der Waals surface area contributed by atoms with Crippen molar-refractivity contribution >= 4 is 11.8 Å². The number of nitrogens with zero attached hydrogens (tertiary/aromatic N) is 2. The third kappa shape index (κ3) is 2.00. The maximum Gasteiger partial charge on any atom is 0.274 e. The number of rotatable bonds is 1. The van der Waals surface area contributed by atoms with Gasteiger partial charge in [-0.05, 0) is 18.9 Å². The lowest BCUT2D eigenvalue weighted by molar-refractivity contribution is -0.123. The predicted molar refractivity (Wildman–Crippen MR) is 65.4 cm³/mol. The molecule has 0 bridgehead atoms. The van der Waals surface area contributed by atoms with Crippen LogP contribution >= 0.6 is 0 Å². The van der Waals surface area contributed by atoms with Crippen LogP contribution in [0, 0.1) is 5.92 Å². The molecule has 0 aliphatic carbocycles.